The second-order valence-electron chi connectivity index (χ2n) is 12.3. The summed E-state index contributed by atoms with van der Waals surface area (Å²) in [4.78, 5) is 80.8. The Morgan fingerprint density at radius 1 is 0.646 bits per heavy atom. The lowest BCUT2D eigenvalue weighted by Crippen LogP contribution is -2.43. The number of carbonyl (C=O) groups is 6. The van der Waals surface area contributed by atoms with Crippen molar-refractivity contribution in [3.8, 4) is 17.2 Å². The number of carboxylic acids is 2. The maximum absolute atomic E-state index is 14.2. The first-order valence-corrected chi connectivity index (χ1v) is 15.2. The summed E-state index contributed by atoms with van der Waals surface area (Å²) in [6.45, 7) is 0. The highest BCUT2D eigenvalue weighted by Gasteiger charge is 2.62. The standard InChI is InChI=1S/C34H25ClN2O11/c35-13-1-8-23(38)21(9-13)26-16-6-7-19-27(31(43)36(29(19)41)14-2-4-17(33(45)46)24(39)10-14)20(16)12-22-28(26)32(44)37(30(22)42)15-3-5-18(34(47)48)25(40)11-15/h1-6,8-11,19-20,22,26-28,38-40H,7,12H2,(H,45,46)(H,47,48). The second kappa shape index (κ2) is 10.9. The first kappa shape index (κ1) is 30.9. The predicted molar refractivity (Wildman–Crippen MR) is 166 cm³/mol. The summed E-state index contributed by atoms with van der Waals surface area (Å²) in [5.74, 6) is -12.5. The molecule has 2 saturated heterocycles. The third kappa shape index (κ3) is 4.45. The molecule has 2 heterocycles. The maximum atomic E-state index is 14.2. The quantitative estimate of drug-likeness (QED) is 0.194. The van der Waals surface area contributed by atoms with Crippen LogP contribution in [-0.2, 0) is 19.2 Å². The van der Waals surface area contributed by atoms with Crippen molar-refractivity contribution in [2.24, 2.45) is 29.6 Å². The van der Waals surface area contributed by atoms with Gasteiger partial charge in [-0.1, -0.05) is 23.3 Å². The molecule has 3 fully saturated rings. The molecule has 0 aromatic heterocycles. The molecule has 5 N–H and O–H groups in total. The molecule has 244 valence electrons. The molecular weight excluding hydrogens is 648 g/mol. The van der Waals surface area contributed by atoms with Gasteiger partial charge in [0.2, 0.25) is 23.6 Å². The number of benzene rings is 3. The fraction of sp³-hybridized carbons (Fsp3) is 0.235. The van der Waals surface area contributed by atoms with Crippen LogP contribution >= 0.6 is 11.6 Å². The van der Waals surface area contributed by atoms with Gasteiger partial charge < -0.3 is 25.5 Å². The van der Waals surface area contributed by atoms with Gasteiger partial charge in [-0.2, -0.15) is 0 Å². The molecule has 4 amide bonds. The third-order valence-electron chi connectivity index (χ3n) is 9.91. The highest BCUT2D eigenvalue weighted by molar-refractivity contribution is 6.30. The highest BCUT2D eigenvalue weighted by Crippen LogP contribution is 2.59. The molecule has 3 aromatic carbocycles. The fourth-order valence-corrected chi connectivity index (χ4v) is 8.08. The maximum Gasteiger partial charge on any atom is 0.339 e. The average molecular weight is 673 g/mol. The summed E-state index contributed by atoms with van der Waals surface area (Å²) in [5, 5.41) is 50.5. The number of phenolic OH excluding ortho intramolecular Hbond substituents is 1. The number of hydrogen-bond acceptors (Lipinski definition) is 9. The minimum Gasteiger partial charge on any atom is -0.508 e. The van der Waals surface area contributed by atoms with E-state index in [0.717, 1.165) is 34.1 Å². The number of aromatic hydroxyl groups is 3. The topological polar surface area (TPSA) is 210 Å². The van der Waals surface area contributed by atoms with Gasteiger partial charge in [0.15, 0.2) is 0 Å². The second-order valence-corrected chi connectivity index (χ2v) is 12.7. The number of fused-ring (bicyclic) bond motifs is 4. The number of nitrogens with zero attached hydrogens (tertiary/aromatic N) is 2. The number of phenols is 3. The largest absolute Gasteiger partial charge is 0.508 e. The molecule has 14 heteroatoms. The van der Waals surface area contributed by atoms with Crippen LogP contribution in [-0.4, -0.2) is 61.1 Å². The van der Waals surface area contributed by atoms with Crippen molar-refractivity contribution >= 4 is 58.5 Å². The number of aromatic carboxylic acids is 2. The molecule has 6 atom stereocenters. The summed E-state index contributed by atoms with van der Waals surface area (Å²) in [6.07, 6.45) is 1.81. The summed E-state index contributed by atoms with van der Waals surface area (Å²) in [7, 11) is 0. The van der Waals surface area contributed by atoms with Gasteiger partial charge in [-0.3, -0.25) is 19.2 Å². The first-order chi connectivity index (χ1) is 22.8. The van der Waals surface area contributed by atoms with Gasteiger partial charge in [-0.25, -0.2) is 19.4 Å². The van der Waals surface area contributed by atoms with Gasteiger partial charge in [-0.15, -0.1) is 0 Å². The summed E-state index contributed by atoms with van der Waals surface area (Å²) in [5.41, 5.74) is -0.130. The molecule has 7 rings (SSSR count). The number of anilines is 2. The Hall–Kier alpha value is -5.69. The molecule has 48 heavy (non-hydrogen) atoms. The Kier molecular flexibility index (Phi) is 7.05. The molecule has 0 bridgehead atoms. The van der Waals surface area contributed by atoms with E-state index in [9.17, 15) is 54.3 Å². The number of carbonyl (C=O) groups excluding carboxylic acids is 4. The molecule has 1 saturated carbocycles. The van der Waals surface area contributed by atoms with E-state index in [0.29, 0.717) is 5.57 Å². The third-order valence-corrected chi connectivity index (χ3v) is 10.1. The molecule has 3 aromatic rings. The average Bonchev–Trinajstić information content (AvgIpc) is 3.44. The molecule has 2 aliphatic heterocycles. The van der Waals surface area contributed by atoms with Crippen molar-refractivity contribution in [2.45, 2.75) is 18.8 Å². The summed E-state index contributed by atoms with van der Waals surface area (Å²) >= 11 is 6.33. The number of imide groups is 2. The minimum absolute atomic E-state index is 0.0220. The van der Waals surface area contributed by atoms with Crippen molar-refractivity contribution in [3.05, 3.63) is 88.0 Å². The Bertz CT molecular complexity index is 2040. The van der Waals surface area contributed by atoms with Gasteiger partial charge in [0, 0.05) is 28.6 Å². The van der Waals surface area contributed by atoms with Crippen molar-refractivity contribution < 1.29 is 54.3 Å². The van der Waals surface area contributed by atoms with Crippen LogP contribution in [0, 0.1) is 29.6 Å². The molecule has 0 radical (unpaired) electrons. The predicted octanol–water partition coefficient (Wildman–Crippen LogP) is 3.90. The van der Waals surface area contributed by atoms with E-state index in [1.165, 1.54) is 30.3 Å². The number of rotatable bonds is 5. The first-order valence-electron chi connectivity index (χ1n) is 14.9. The van der Waals surface area contributed by atoms with Crippen molar-refractivity contribution in [3.63, 3.8) is 0 Å². The van der Waals surface area contributed by atoms with E-state index in [2.05, 4.69) is 0 Å². The van der Waals surface area contributed by atoms with Crippen LogP contribution < -0.4 is 9.80 Å². The van der Waals surface area contributed by atoms with Crippen molar-refractivity contribution in [1.82, 2.24) is 0 Å². The van der Waals surface area contributed by atoms with Crippen molar-refractivity contribution in [1.29, 1.82) is 0 Å². The summed E-state index contributed by atoms with van der Waals surface area (Å²) in [6, 6.07) is 10.9. The SMILES string of the molecule is O=C(O)c1ccc(N2C(=O)C3CC=C4C(CC5C(=O)N(c6ccc(C(=O)O)c(O)c6)C(=O)C5C4c4cc(Cl)ccc4O)C3C2=O)cc1O. The van der Waals surface area contributed by atoms with E-state index >= 15 is 0 Å². The van der Waals surface area contributed by atoms with Gasteiger partial charge in [-0.05, 0) is 61.2 Å². The zero-order valence-corrected chi connectivity index (χ0v) is 25.4. The van der Waals surface area contributed by atoms with E-state index in [-0.39, 0.29) is 40.6 Å². The van der Waals surface area contributed by atoms with E-state index in [1.807, 2.05) is 0 Å². The molecule has 2 aliphatic carbocycles. The molecule has 4 aliphatic rings. The van der Waals surface area contributed by atoms with Crippen LogP contribution in [0.5, 0.6) is 17.2 Å². The monoisotopic (exact) mass is 672 g/mol. The van der Waals surface area contributed by atoms with Crippen LogP contribution in [0.3, 0.4) is 0 Å². The van der Waals surface area contributed by atoms with Crippen molar-refractivity contribution in [2.75, 3.05) is 9.80 Å². The molecule has 13 nitrogen and oxygen atoms in total. The lowest BCUT2D eigenvalue weighted by atomic mass is 9.57. The number of allylic oxidation sites excluding steroid dienone is 2. The Morgan fingerprint density at radius 3 is 1.73 bits per heavy atom. The summed E-state index contributed by atoms with van der Waals surface area (Å²) < 4.78 is 0. The van der Waals surface area contributed by atoms with Crippen LogP contribution in [0.1, 0.15) is 45.0 Å². The van der Waals surface area contributed by atoms with Gasteiger partial charge in [0.05, 0.1) is 35.0 Å². The number of carboxylic acid groups (broad SMARTS) is 2. The van der Waals surface area contributed by atoms with Crippen LogP contribution in [0.2, 0.25) is 5.02 Å². The zero-order valence-electron chi connectivity index (χ0n) is 24.6. The normalized spacial score (nSPS) is 26.2. The van der Waals surface area contributed by atoms with E-state index < -0.39 is 93.7 Å². The number of amides is 4. The zero-order chi connectivity index (χ0) is 34.3. The number of halogens is 1. The van der Waals surface area contributed by atoms with Crippen LogP contribution in [0.15, 0.2) is 66.2 Å². The number of hydrogen-bond donors (Lipinski definition) is 5. The molecule has 0 spiro atoms. The van der Waals surface area contributed by atoms with Gasteiger partial charge >= 0.3 is 11.9 Å². The Balaban J connectivity index is 1.32. The lowest BCUT2D eigenvalue weighted by molar-refractivity contribution is -0.126. The smallest absolute Gasteiger partial charge is 0.339 e. The lowest BCUT2D eigenvalue weighted by Gasteiger charge is -2.44. The van der Waals surface area contributed by atoms with Gasteiger partial charge in [0.1, 0.15) is 28.4 Å². The van der Waals surface area contributed by atoms with Crippen LogP contribution in [0.4, 0.5) is 11.4 Å². The molecule has 6 unspecified atom stereocenters. The Morgan fingerprint density at radius 2 is 1.19 bits per heavy atom. The van der Waals surface area contributed by atoms with Gasteiger partial charge in [0.25, 0.3) is 0 Å². The van der Waals surface area contributed by atoms with E-state index in [1.54, 1.807) is 6.08 Å². The molecular formula is C34H25ClN2O11. The van der Waals surface area contributed by atoms with E-state index in [4.69, 9.17) is 11.6 Å². The Labute approximate surface area is 275 Å². The minimum atomic E-state index is -1.41. The fourth-order valence-electron chi connectivity index (χ4n) is 7.90. The van der Waals surface area contributed by atoms with Crippen LogP contribution in [0.25, 0.3) is 0 Å². The highest BCUT2D eigenvalue weighted by atomic mass is 35.5.